The second-order valence-electron chi connectivity index (χ2n) is 7.79. The molecule has 1 saturated carbocycles. The molecule has 1 unspecified atom stereocenters. The van der Waals surface area contributed by atoms with Crippen molar-refractivity contribution in [3.05, 3.63) is 0 Å². The summed E-state index contributed by atoms with van der Waals surface area (Å²) in [5.41, 5.74) is -0.502. The van der Waals surface area contributed by atoms with Gasteiger partial charge in [-0.3, -0.25) is 19.3 Å². The molecule has 0 radical (unpaired) electrons. The highest BCUT2D eigenvalue weighted by Crippen LogP contribution is 2.45. The van der Waals surface area contributed by atoms with E-state index >= 15 is 0 Å². The van der Waals surface area contributed by atoms with Crippen LogP contribution in [0.3, 0.4) is 0 Å². The van der Waals surface area contributed by atoms with Gasteiger partial charge in [0.1, 0.15) is 6.54 Å². The van der Waals surface area contributed by atoms with Crippen LogP contribution in [0.5, 0.6) is 0 Å². The molecule has 0 aromatic heterocycles. The Morgan fingerprint density at radius 1 is 1.17 bits per heavy atom. The first-order chi connectivity index (χ1) is 10.8. The minimum Gasteiger partial charge on any atom is -0.341 e. The Morgan fingerprint density at radius 2 is 1.78 bits per heavy atom. The van der Waals surface area contributed by atoms with E-state index in [1.807, 2.05) is 6.92 Å². The first-order valence-electron chi connectivity index (χ1n) is 8.87. The van der Waals surface area contributed by atoms with Crippen LogP contribution in [-0.2, 0) is 14.4 Å². The van der Waals surface area contributed by atoms with Gasteiger partial charge in [0, 0.05) is 19.5 Å². The number of nitrogens with zero attached hydrogens (tertiary/aromatic N) is 2. The molecule has 5 heteroatoms. The molecule has 0 aromatic carbocycles. The third-order valence-electron chi connectivity index (χ3n) is 5.46. The van der Waals surface area contributed by atoms with Crippen molar-refractivity contribution in [2.75, 3.05) is 13.6 Å². The summed E-state index contributed by atoms with van der Waals surface area (Å²) >= 11 is 0. The van der Waals surface area contributed by atoms with E-state index < -0.39 is 5.41 Å². The summed E-state index contributed by atoms with van der Waals surface area (Å²) in [4.78, 5) is 40.4. The lowest BCUT2D eigenvalue weighted by Gasteiger charge is -2.31. The molecule has 5 nitrogen and oxygen atoms in total. The maximum absolute atomic E-state index is 12.7. The van der Waals surface area contributed by atoms with Crippen LogP contribution in [0.2, 0.25) is 0 Å². The molecule has 1 heterocycles. The zero-order chi connectivity index (χ0) is 17.2. The molecule has 2 fully saturated rings. The number of carbonyl (C=O) groups is 3. The Morgan fingerprint density at radius 3 is 2.35 bits per heavy atom. The number of imide groups is 1. The van der Waals surface area contributed by atoms with Crippen LogP contribution in [-0.4, -0.2) is 47.2 Å². The smallest absolute Gasteiger partial charge is 0.242 e. The summed E-state index contributed by atoms with van der Waals surface area (Å²) in [7, 11) is 1.76. The number of carbonyl (C=O) groups excluding carboxylic acids is 3. The van der Waals surface area contributed by atoms with Crippen molar-refractivity contribution in [3.8, 4) is 0 Å². The van der Waals surface area contributed by atoms with Gasteiger partial charge in [-0.2, -0.15) is 0 Å². The maximum Gasteiger partial charge on any atom is 0.242 e. The van der Waals surface area contributed by atoms with Gasteiger partial charge in [-0.05, 0) is 32.1 Å². The van der Waals surface area contributed by atoms with Crippen LogP contribution in [0.1, 0.15) is 65.7 Å². The first-order valence-corrected chi connectivity index (χ1v) is 8.87. The van der Waals surface area contributed by atoms with E-state index in [1.165, 1.54) is 4.90 Å². The number of likely N-dealkylation sites (N-methyl/N-ethyl adjacent to an activating group) is 1. The van der Waals surface area contributed by atoms with Gasteiger partial charge in [-0.25, -0.2) is 0 Å². The lowest BCUT2D eigenvalue weighted by Crippen LogP contribution is -2.46. The van der Waals surface area contributed by atoms with E-state index in [0.717, 1.165) is 38.5 Å². The molecule has 0 aromatic rings. The number of hydrogen-bond donors (Lipinski definition) is 0. The molecule has 2 rings (SSSR count). The largest absolute Gasteiger partial charge is 0.341 e. The predicted octanol–water partition coefficient (Wildman–Crippen LogP) is 2.59. The normalized spacial score (nSPS) is 22.0. The van der Waals surface area contributed by atoms with Crippen molar-refractivity contribution in [1.29, 1.82) is 0 Å². The molecule has 0 bridgehead atoms. The average molecular weight is 322 g/mol. The van der Waals surface area contributed by atoms with Gasteiger partial charge in [0.05, 0.1) is 5.41 Å². The van der Waals surface area contributed by atoms with Gasteiger partial charge in [0.25, 0.3) is 0 Å². The Balaban J connectivity index is 2.00. The first kappa shape index (κ1) is 18.0. The highest BCUT2D eigenvalue weighted by atomic mass is 16.2. The highest BCUT2D eigenvalue weighted by molar-refractivity contribution is 6.08. The molecular formula is C18H30N2O3. The molecular weight excluding hydrogens is 292 g/mol. The third kappa shape index (κ3) is 3.75. The van der Waals surface area contributed by atoms with E-state index in [2.05, 4.69) is 13.8 Å². The zero-order valence-corrected chi connectivity index (χ0v) is 14.9. The quantitative estimate of drug-likeness (QED) is 0.731. The van der Waals surface area contributed by atoms with E-state index in [1.54, 1.807) is 11.9 Å². The standard InChI is InChI=1S/C18H30N2O3/c1-13(2)10-14(3)19(4)16(22)12-20-15(21)11-18(17(20)23)8-6-5-7-9-18/h13-14H,5-12H2,1-4H3. The summed E-state index contributed by atoms with van der Waals surface area (Å²) in [5, 5.41) is 0. The van der Waals surface area contributed by atoms with Gasteiger partial charge in [0.15, 0.2) is 0 Å². The molecule has 2 aliphatic rings. The summed E-state index contributed by atoms with van der Waals surface area (Å²) in [5.74, 6) is 0.0733. The van der Waals surface area contributed by atoms with Gasteiger partial charge >= 0.3 is 0 Å². The lowest BCUT2D eigenvalue weighted by molar-refractivity contribution is -0.148. The molecule has 3 amide bonds. The number of likely N-dealkylation sites (tertiary alicyclic amines) is 1. The zero-order valence-electron chi connectivity index (χ0n) is 14.9. The summed E-state index contributed by atoms with van der Waals surface area (Å²) in [6.07, 6.45) is 5.94. The molecule has 1 spiro atoms. The Labute approximate surface area is 139 Å². The number of hydrogen-bond acceptors (Lipinski definition) is 3. The van der Waals surface area contributed by atoms with Crippen molar-refractivity contribution < 1.29 is 14.4 Å². The molecule has 1 aliphatic heterocycles. The molecule has 130 valence electrons. The minimum atomic E-state index is -0.502. The van der Waals surface area contributed by atoms with Crippen molar-refractivity contribution in [1.82, 2.24) is 9.80 Å². The average Bonchev–Trinajstić information content (AvgIpc) is 2.70. The topological polar surface area (TPSA) is 57.7 Å². The van der Waals surface area contributed by atoms with Crippen LogP contribution in [0.25, 0.3) is 0 Å². The maximum atomic E-state index is 12.7. The monoisotopic (exact) mass is 322 g/mol. The minimum absolute atomic E-state index is 0.0989. The summed E-state index contributed by atoms with van der Waals surface area (Å²) < 4.78 is 0. The van der Waals surface area contributed by atoms with E-state index in [-0.39, 0.29) is 30.3 Å². The van der Waals surface area contributed by atoms with Crippen LogP contribution in [0.15, 0.2) is 0 Å². The van der Waals surface area contributed by atoms with Gasteiger partial charge in [0.2, 0.25) is 17.7 Å². The van der Waals surface area contributed by atoms with Crippen LogP contribution < -0.4 is 0 Å². The van der Waals surface area contributed by atoms with Crippen molar-refractivity contribution >= 4 is 17.7 Å². The van der Waals surface area contributed by atoms with Gasteiger partial charge in [-0.1, -0.05) is 33.1 Å². The Bertz CT molecular complexity index is 481. The van der Waals surface area contributed by atoms with Crippen LogP contribution in [0.4, 0.5) is 0 Å². The lowest BCUT2D eigenvalue weighted by atomic mass is 9.73. The van der Waals surface area contributed by atoms with Crippen molar-refractivity contribution in [2.24, 2.45) is 11.3 Å². The van der Waals surface area contributed by atoms with Crippen molar-refractivity contribution in [3.63, 3.8) is 0 Å². The summed E-state index contributed by atoms with van der Waals surface area (Å²) in [6, 6.07) is 0.110. The van der Waals surface area contributed by atoms with Crippen LogP contribution >= 0.6 is 0 Å². The molecule has 1 saturated heterocycles. The van der Waals surface area contributed by atoms with E-state index in [9.17, 15) is 14.4 Å². The fraction of sp³-hybridized carbons (Fsp3) is 0.833. The Hall–Kier alpha value is -1.39. The second-order valence-corrected chi connectivity index (χ2v) is 7.79. The Kier molecular flexibility index (Phi) is 5.48. The second kappa shape index (κ2) is 7.02. The van der Waals surface area contributed by atoms with Gasteiger partial charge < -0.3 is 4.90 Å². The highest BCUT2D eigenvalue weighted by Gasteiger charge is 2.51. The predicted molar refractivity (Wildman–Crippen MR) is 88.5 cm³/mol. The SMILES string of the molecule is CC(C)CC(C)N(C)C(=O)CN1C(=O)CC2(CCCCC2)C1=O. The van der Waals surface area contributed by atoms with Crippen molar-refractivity contribution in [2.45, 2.75) is 71.8 Å². The fourth-order valence-electron chi connectivity index (χ4n) is 3.97. The van der Waals surface area contributed by atoms with Gasteiger partial charge in [-0.15, -0.1) is 0 Å². The van der Waals surface area contributed by atoms with E-state index in [4.69, 9.17) is 0 Å². The number of amides is 3. The molecule has 0 N–H and O–H groups in total. The van der Waals surface area contributed by atoms with E-state index in [0.29, 0.717) is 12.3 Å². The van der Waals surface area contributed by atoms with Crippen LogP contribution in [0, 0.1) is 11.3 Å². The molecule has 1 aliphatic carbocycles. The number of rotatable bonds is 5. The molecule has 1 atom stereocenters. The fourth-order valence-corrected chi connectivity index (χ4v) is 3.97. The summed E-state index contributed by atoms with van der Waals surface area (Å²) in [6.45, 7) is 6.15. The molecule has 23 heavy (non-hydrogen) atoms. The third-order valence-corrected chi connectivity index (χ3v) is 5.46.